The van der Waals surface area contributed by atoms with Crippen molar-refractivity contribution in [3.8, 4) is 0 Å². The van der Waals surface area contributed by atoms with E-state index in [1.807, 2.05) is 0 Å². The van der Waals surface area contributed by atoms with E-state index in [4.69, 9.17) is 34.8 Å². The molecule has 1 rings (SSSR count). The number of rotatable bonds is 1. The zero-order valence-corrected chi connectivity index (χ0v) is 10.3. The van der Waals surface area contributed by atoms with E-state index in [0.29, 0.717) is 0 Å². The Morgan fingerprint density at radius 1 is 1.07 bits per heavy atom. The summed E-state index contributed by atoms with van der Waals surface area (Å²) in [6, 6.07) is 0. The number of nitrogens with one attached hydrogen (secondary N) is 1. The van der Waals surface area contributed by atoms with Crippen molar-refractivity contribution in [1.82, 2.24) is 5.32 Å². The van der Waals surface area contributed by atoms with Gasteiger partial charge in [-0.25, -0.2) is 0 Å². The lowest BCUT2D eigenvalue weighted by Gasteiger charge is -2.21. The average molecular weight is 273 g/mol. The summed E-state index contributed by atoms with van der Waals surface area (Å²) in [7, 11) is 0. The fourth-order valence-corrected chi connectivity index (χ4v) is 1.79. The second kappa shape index (κ2) is 5.37. The van der Waals surface area contributed by atoms with E-state index in [1.54, 1.807) is 0 Å². The molecule has 0 unspecified atom stereocenters. The average Bonchev–Trinajstić information content (AvgIpc) is 2.17. The van der Waals surface area contributed by atoms with Gasteiger partial charge in [-0.15, -0.1) is 0 Å². The molecule has 0 aliphatic heterocycles. The molecule has 15 heavy (non-hydrogen) atoms. The highest BCUT2D eigenvalue weighted by Gasteiger charge is 2.33. The molecule has 0 aromatic rings. The van der Waals surface area contributed by atoms with Crippen LogP contribution in [-0.2, 0) is 9.59 Å². The Morgan fingerprint density at radius 2 is 1.60 bits per heavy atom. The number of halogens is 3. The van der Waals surface area contributed by atoms with Gasteiger partial charge in [0.1, 0.15) is 0 Å². The summed E-state index contributed by atoms with van der Waals surface area (Å²) < 4.78 is -2.07. The zero-order valence-electron chi connectivity index (χ0n) is 8.06. The molecule has 0 spiro atoms. The predicted molar refractivity (Wildman–Crippen MR) is 60.0 cm³/mol. The minimum absolute atomic E-state index is 0.116. The van der Waals surface area contributed by atoms with Crippen LogP contribution in [0.2, 0.25) is 0 Å². The number of hydrogen-bond donors (Lipinski definition) is 1. The van der Waals surface area contributed by atoms with Gasteiger partial charge in [-0.3, -0.25) is 14.9 Å². The van der Waals surface area contributed by atoms with Crippen molar-refractivity contribution < 1.29 is 9.59 Å². The van der Waals surface area contributed by atoms with Crippen LogP contribution in [0, 0.1) is 5.92 Å². The molecule has 0 atom stereocenters. The Bertz CT molecular complexity index is 257. The number of hydrogen-bond acceptors (Lipinski definition) is 2. The van der Waals surface area contributed by atoms with E-state index in [9.17, 15) is 9.59 Å². The van der Waals surface area contributed by atoms with E-state index in [1.165, 1.54) is 0 Å². The van der Waals surface area contributed by atoms with Crippen molar-refractivity contribution in [3.63, 3.8) is 0 Å². The first-order valence-electron chi connectivity index (χ1n) is 4.83. The maximum absolute atomic E-state index is 11.5. The second-order valence-electron chi connectivity index (χ2n) is 3.65. The number of carbonyl (C=O) groups is 2. The van der Waals surface area contributed by atoms with Crippen LogP contribution in [0.5, 0.6) is 0 Å². The largest absolute Gasteiger partial charge is 0.292 e. The Labute approximate surface area is 103 Å². The molecular formula is C9H12Cl3NO2. The van der Waals surface area contributed by atoms with Crippen LogP contribution in [0.4, 0.5) is 0 Å². The number of alkyl halides is 3. The lowest BCUT2D eigenvalue weighted by molar-refractivity contribution is -0.133. The highest BCUT2D eigenvalue weighted by Crippen LogP contribution is 2.27. The van der Waals surface area contributed by atoms with Crippen molar-refractivity contribution in [1.29, 1.82) is 0 Å². The van der Waals surface area contributed by atoms with E-state index in [-0.39, 0.29) is 11.8 Å². The van der Waals surface area contributed by atoms with Crippen LogP contribution >= 0.6 is 34.8 Å². The van der Waals surface area contributed by atoms with Crippen molar-refractivity contribution in [2.45, 2.75) is 35.9 Å². The molecule has 2 amide bonds. The van der Waals surface area contributed by atoms with E-state index in [0.717, 1.165) is 32.1 Å². The Morgan fingerprint density at radius 3 is 2.07 bits per heavy atom. The van der Waals surface area contributed by atoms with Gasteiger partial charge in [-0.2, -0.15) is 0 Å². The minimum atomic E-state index is -2.07. The molecule has 1 saturated carbocycles. The minimum Gasteiger partial charge on any atom is -0.292 e. The van der Waals surface area contributed by atoms with Crippen molar-refractivity contribution >= 4 is 46.6 Å². The van der Waals surface area contributed by atoms with Gasteiger partial charge in [0.2, 0.25) is 5.91 Å². The molecule has 86 valence electrons. The Balaban J connectivity index is 2.44. The van der Waals surface area contributed by atoms with Crippen LogP contribution in [0.1, 0.15) is 32.1 Å². The Kier molecular flexibility index (Phi) is 4.68. The third-order valence-electron chi connectivity index (χ3n) is 2.47. The topological polar surface area (TPSA) is 46.2 Å². The van der Waals surface area contributed by atoms with Crippen LogP contribution in [0.3, 0.4) is 0 Å². The number of carbonyl (C=O) groups excluding carboxylic acids is 2. The lowest BCUT2D eigenvalue weighted by Crippen LogP contribution is -2.42. The van der Waals surface area contributed by atoms with Crippen molar-refractivity contribution in [2.24, 2.45) is 5.92 Å². The van der Waals surface area contributed by atoms with Crippen LogP contribution < -0.4 is 5.32 Å². The molecule has 0 saturated heterocycles. The molecule has 1 fully saturated rings. The summed E-state index contributed by atoms with van der Waals surface area (Å²) >= 11 is 16.0. The van der Waals surface area contributed by atoms with Gasteiger partial charge in [-0.05, 0) is 12.8 Å². The van der Waals surface area contributed by atoms with E-state index in [2.05, 4.69) is 5.32 Å². The smallest absolute Gasteiger partial charge is 0.278 e. The molecule has 0 aromatic carbocycles. The standard InChI is InChI=1S/C9H12Cl3NO2/c10-9(11,12)8(15)13-7(14)6-4-2-1-3-5-6/h6H,1-5H2,(H,13,14,15). The summed E-state index contributed by atoms with van der Waals surface area (Å²) in [6.07, 6.45) is 4.78. The van der Waals surface area contributed by atoms with Crippen LogP contribution in [0.25, 0.3) is 0 Å². The molecule has 6 heteroatoms. The zero-order chi connectivity index (χ0) is 11.5. The summed E-state index contributed by atoms with van der Waals surface area (Å²) in [5, 5.41) is 2.12. The number of imide groups is 1. The monoisotopic (exact) mass is 271 g/mol. The first-order valence-corrected chi connectivity index (χ1v) is 5.96. The molecule has 3 nitrogen and oxygen atoms in total. The molecule has 0 bridgehead atoms. The van der Waals surface area contributed by atoms with Gasteiger partial charge in [0.25, 0.3) is 9.70 Å². The second-order valence-corrected chi connectivity index (χ2v) is 5.93. The predicted octanol–water partition coefficient (Wildman–Crippen LogP) is 2.58. The molecule has 0 radical (unpaired) electrons. The van der Waals surface area contributed by atoms with Gasteiger partial charge in [-0.1, -0.05) is 54.1 Å². The molecular weight excluding hydrogens is 260 g/mol. The SMILES string of the molecule is O=C(NC(=O)C(Cl)(Cl)Cl)C1CCCCC1. The molecule has 1 aliphatic carbocycles. The van der Waals surface area contributed by atoms with E-state index < -0.39 is 9.70 Å². The summed E-state index contributed by atoms with van der Waals surface area (Å²) in [6.45, 7) is 0. The van der Waals surface area contributed by atoms with Gasteiger partial charge in [0, 0.05) is 5.92 Å². The van der Waals surface area contributed by atoms with Crippen molar-refractivity contribution in [3.05, 3.63) is 0 Å². The summed E-state index contributed by atoms with van der Waals surface area (Å²) in [5.74, 6) is -1.32. The highest BCUT2D eigenvalue weighted by molar-refractivity contribution is 6.76. The maximum Gasteiger partial charge on any atom is 0.278 e. The quantitative estimate of drug-likeness (QED) is 0.746. The van der Waals surface area contributed by atoms with Gasteiger partial charge in [0.15, 0.2) is 0 Å². The van der Waals surface area contributed by atoms with Crippen LogP contribution in [0.15, 0.2) is 0 Å². The summed E-state index contributed by atoms with van der Waals surface area (Å²) in [4.78, 5) is 22.7. The molecule has 1 aliphatic rings. The van der Waals surface area contributed by atoms with Gasteiger partial charge >= 0.3 is 0 Å². The highest BCUT2D eigenvalue weighted by atomic mass is 35.6. The normalized spacial score (nSPS) is 18.6. The molecule has 0 aromatic heterocycles. The molecule has 1 N–H and O–H groups in total. The first-order chi connectivity index (χ1) is 6.91. The Hall–Kier alpha value is 0.01000. The van der Waals surface area contributed by atoms with Gasteiger partial charge < -0.3 is 0 Å². The van der Waals surface area contributed by atoms with Crippen LogP contribution in [-0.4, -0.2) is 15.6 Å². The third-order valence-corrected chi connectivity index (χ3v) is 2.99. The molecule has 0 heterocycles. The number of amides is 2. The fourth-order valence-electron chi connectivity index (χ4n) is 1.65. The van der Waals surface area contributed by atoms with E-state index >= 15 is 0 Å². The summed E-state index contributed by atoms with van der Waals surface area (Å²) in [5.41, 5.74) is 0. The van der Waals surface area contributed by atoms with Crippen molar-refractivity contribution in [2.75, 3.05) is 0 Å². The van der Waals surface area contributed by atoms with Gasteiger partial charge in [0.05, 0.1) is 0 Å². The maximum atomic E-state index is 11.5. The lowest BCUT2D eigenvalue weighted by atomic mass is 9.89. The fraction of sp³-hybridized carbons (Fsp3) is 0.778. The third kappa shape index (κ3) is 4.17. The first kappa shape index (κ1) is 13.1.